The summed E-state index contributed by atoms with van der Waals surface area (Å²) in [7, 11) is -3.46. The number of anilines is 2. The van der Waals surface area contributed by atoms with E-state index >= 15 is 0 Å². The Kier molecular flexibility index (Phi) is 9.90. The van der Waals surface area contributed by atoms with Crippen LogP contribution in [0.1, 0.15) is 40.0 Å². The standard InChI is InChI=1S/C30H36N4O6S/c1-29(2,3)40-26(35)15-10-20-30(31,34-28(37)33-22-11-6-5-7-12-22)27(36)32-23-18-16-21(17-19-23)24-13-8-9-14-25(24)41(4,38)39/h5-9,11-14,16-19H,10,15,20,31H2,1-4H3,(H,32,36)(H2,33,34,37). The van der Waals surface area contributed by atoms with Gasteiger partial charge in [-0.1, -0.05) is 48.5 Å². The second-order valence-electron chi connectivity index (χ2n) is 10.7. The third-order valence-electron chi connectivity index (χ3n) is 5.89. The second kappa shape index (κ2) is 13.0. The van der Waals surface area contributed by atoms with Crippen molar-refractivity contribution in [1.29, 1.82) is 0 Å². The number of hydrogen-bond acceptors (Lipinski definition) is 7. The number of benzene rings is 3. The smallest absolute Gasteiger partial charge is 0.321 e. The van der Waals surface area contributed by atoms with E-state index in [-0.39, 0.29) is 24.2 Å². The largest absolute Gasteiger partial charge is 0.460 e. The molecule has 0 saturated carbocycles. The van der Waals surface area contributed by atoms with Gasteiger partial charge >= 0.3 is 12.0 Å². The fourth-order valence-corrected chi connectivity index (χ4v) is 4.94. The highest BCUT2D eigenvalue weighted by Gasteiger charge is 2.36. The molecule has 0 saturated heterocycles. The van der Waals surface area contributed by atoms with E-state index in [2.05, 4.69) is 16.0 Å². The predicted molar refractivity (Wildman–Crippen MR) is 159 cm³/mol. The van der Waals surface area contributed by atoms with Crippen LogP contribution in [0.2, 0.25) is 0 Å². The maximum atomic E-state index is 13.4. The van der Waals surface area contributed by atoms with Gasteiger partial charge in [-0.3, -0.25) is 9.59 Å². The van der Waals surface area contributed by atoms with Gasteiger partial charge in [0.15, 0.2) is 15.5 Å². The topological polar surface area (TPSA) is 157 Å². The number of sulfone groups is 1. The van der Waals surface area contributed by atoms with Gasteiger partial charge < -0.3 is 26.4 Å². The Morgan fingerprint density at radius 1 is 0.829 bits per heavy atom. The lowest BCUT2D eigenvalue weighted by atomic mass is 10.0. The number of carbonyl (C=O) groups is 3. The first-order valence-electron chi connectivity index (χ1n) is 13.0. The van der Waals surface area contributed by atoms with Gasteiger partial charge in [-0.15, -0.1) is 0 Å². The van der Waals surface area contributed by atoms with Crippen LogP contribution in [0.3, 0.4) is 0 Å². The number of ether oxygens (including phenoxy) is 1. The second-order valence-corrected chi connectivity index (χ2v) is 12.6. The average Bonchev–Trinajstić information content (AvgIpc) is 2.88. The molecule has 0 fully saturated rings. The number of esters is 1. The zero-order valence-corrected chi connectivity index (χ0v) is 24.4. The number of carbonyl (C=O) groups excluding carboxylic acids is 3. The molecule has 3 rings (SSSR count). The molecule has 0 radical (unpaired) electrons. The molecule has 11 heteroatoms. The van der Waals surface area contributed by atoms with E-state index in [4.69, 9.17) is 10.5 Å². The Labute approximate surface area is 240 Å². The fraction of sp³-hybridized carbons (Fsp3) is 0.300. The summed E-state index contributed by atoms with van der Waals surface area (Å²) >= 11 is 0. The van der Waals surface area contributed by atoms with Crippen LogP contribution >= 0.6 is 0 Å². The van der Waals surface area contributed by atoms with Gasteiger partial charge in [-0.2, -0.15) is 0 Å². The summed E-state index contributed by atoms with van der Waals surface area (Å²) in [5.74, 6) is -1.15. The molecule has 5 N–H and O–H groups in total. The lowest BCUT2D eigenvalue weighted by molar-refractivity contribution is -0.155. The normalized spacial score (nSPS) is 13.0. The van der Waals surface area contributed by atoms with Crippen LogP contribution < -0.4 is 21.7 Å². The van der Waals surface area contributed by atoms with Gasteiger partial charge in [-0.25, -0.2) is 13.2 Å². The van der Waals surface area contributed by atoms with E-state index in [0.29, 0.717) is 22.5 Å². The van der Waals surface area contributed by atoms with Crippen molar-refractivity contribution in [3.05, 3.63) is 78.9 Å². The van der Waals surface area contributed by atoms with Gasteiger partial charge in [0.1, 0.15) is 5.60 Å². The molecule has 1 atom stereocenters. The summed E-state index contributed by atoms with van der Waals surface area (Å²) in [6, 6.07) is 21.2. The van der Waals surface area contributed by atoms with Crippen molar-refractivity contribution in [3.8, 4) is 11.1 Å². The van der Waals surface area contributed by atoms with Gasteiger partial charge in [0.2, 0.25) is 0 Å². The first-order chi connectivity index (χ1) is 19.2. The number of nitrogens with one attached hydrogen (secondary N) is 3. The van der Waals surface area contributed by atoms with E-state index in [0.717, 1.165) is 6.26 Å². The van der Waals surface area contributed by atoms with Crippen LogP contribution in [0.4, 0.5) is 16.2 Å². The van der Waals surface area contributed by atoms with Gasteiger partial charge in [-0.05, 0) is 69.5 Å². The summed E-state index contributed by atoms with van der Waals surface area (Å²) in [6.07, 6.45) is 1.26. The van der Waals surface area contributed by atoms with Crippen molar-refractivity contribution in [2.75, 3.05) is 16.9 Å². The van der Waals surface area contributed by atoms with Crippen molar-refractivity contribution < 1.29 is 27.5 Å². The molecule has 1 unspecified atom stereocenters. The number of nitrogens with two attached hydrogens (primary N) is 1. The van der Waals surface area contributed by atoms with Gasteiger partial charge in [0, 0.05) is 29.6 Å². The molecule has 0 aromatic heterocycles. The Bertz CT molecular complexity index is 1490. The molecule has 3 aromatic rings. The third kappa shape index (κ3) is 9.44. The van der Waals surface area contributed by atoms with Crippen LogP contribution in [0, 0.1) is 0 Å². The highest BCUT2D eigenvalue weighted by Crippen LogP contribution is 2.28. The number of urea groups is 1. The van der Waals surface area contributed by atoms with Gasteiger partial charge in [0.25, 0.3) is 5.91 Å². The molecule has 0 aliphatic carbocycles. The van der Waals surface area contributed by atoms with Crippen LogP contribution in [-0.4, -0.2) is 43.8 Å². The quantitative estimate of drug-likeness (QED) is 0.200. The molecule has 218 valence electrons. The molecule has 0 bridgehead atoms. The van der Waals surface area contributed by atoms with Crippen LogP contribution in [-0.2, 0) is 24.2 Å². The number of rotatable bonds is 10. The molecule has 0 aliphatic rings. The van der Waals surface area contributed by atoms with Crippen molar-refractivity contribution in [3.63, 3.8) is 0 Å². The Morgan fingerprint density at radius 3 is 2.02 bits per heavy atom. The number of hydrogen-bond donors (Lipinski definition) is 4. The van der Waals surface area contributed by atoms with Crippen LogP contribution in [0.25, 0.3) is 11.1 Å². The van der Waals surface area contributed by atoms with Crippen LogP contribution in [0.5, 0.6) is 0 Å². The van der Waals surface area contributed by atoms with E-state index in [9.17, 15) is 22.8 Å². The first kappa shape index (κ1) is 31.3. The van der Waals surface area contributed by atoms with Crippen LogP contribution in [0.15, 0.2) is 83.8 Å². The summed E-state index contributed by atoms with van der Waals surface area (Å²) in [4.78, 5) is 38.5. The summed E-state index contributed by atoms with van der Waals surface area (Å²) < 4.78 is 29.7. The summed E-state index contributed by atoms with van der Waals surface area (Å²) in [5.41, 5.74) is 5.97. The molecule has 0 spiro atoms. The van der Waals surface area contributed by atoms with Crippen molar-refractivity contribution >= 4 is 39.1 Å². The molecule has 0 heterocycles. The Balaban J connectivity index is 1.77. The minimum absolute atomic E-state index is 0.0000727. The molecule has 41 heavy (non-hydrogen) atoms. The van der Waals surface area contributed by atoms with Crippen molar-refractivity contribution in [2.24, 2.45) is 5.73 Å². The lowest BCUT2D eigenvalue weighted by Crippen LogP contribution is -2.64. The zero-order chi connectivity index (χ0) is 30.3. The fourth-order valence-electron chi connectivity index (χ4n) is 4.03. The average molecular weight is 581 g/mol. The minimum Gasteiger partial charge on any atom is -0.460 e. The van der Waals surface area contributed by atoms with E-state index in [1.807, 2.05) is 0 Å². The summed E-state index contributed by atoms with van der Waals surface area (Å²) in [6.45, 7) is 5.27. The van der Waals surface area contributed by atoms with Crippen molar-refractivity contribution in [2.45, 2.75) is 56.2 Å². The molecule has 3 aromatic carbocycles. The molecular weight excluding hydrogens is 544 g/mol. The highest BCUT2D eigenvalue weighted by molar-refractivity contribution is 7.90. The maximum Gasteiger partial charge on any atom is 0.321 e. The van der Waals surface area contributed by atoms with Gasteiger partial charge in [0.05, 0.1) is 4.90 Å². The number of para-hydroxylation sites is 1. The van der Waals surface area contributed by atoms with E-state index in [1.165, 1.54) is 6.07 Å². The SMILES string of the molecule is CC(C)(C)OC(=O)CCCC(N)(NC(=O)Nc1ccccc1)C(=O)Nc1ccc(-c2ccccc2S(C)(=O)=O)cc1. The summed E-state index contributed by atoms with van der Waals surface area (Å²) in [5, 5.41) is 7.89. The maximum absolute atomic E-state index is 13.4. The molecule has 0 aliphatic heterocycles. The lowest BCUT2D eigenvalue weighted by Gasteiger charge is -2.29. The molecular formula is C30H36N4O6S. The zero-order valence-electron chi connectivity index (χ0n) is 23.6. The Morgan fingerprint density at radius 2 is 1.41 bits per heavy atom. The highest BCUT2D eigenvalue weighted by atomic mass is 32.2. The number of amides is 3. The first-order valence-corrected chi connectivity index (χ1v) is 14.9. The Hall–Kier alpha value is -4.22. The molecule has 3 amide bonds. The minimum atomic E-state index is -3.46. The third-order valence-corrected chi connectivity index (χ3v) is 7.04. The van der Waals surface area contributed by atoms with E-state index < -0.39 is 39.0 Å². The monoisotopic (exact) mass is 580 g/mol. The predicted octanol–water partition coefficient (Wildman–Crippen LogP) is 4.68. The van der Waals surface area contributed by atoms with E-state index in [1.54, 1.807) is 93.6 Å². The molecule has 10 nitrogen and oxygen atoms in total. The van der Waals surface area contributed by atoms with Crippen molar-refractivity contribution in [1.82, 2.24) is 5.32 Å².